The van der Waals surface area contributed by atoms with E-state index in [2.05, 4.69) is 9.88 Å². The second-order valence-electron chi connectivity index (χ2n) is 7.98. The van der Waals surface area contributed by atoms with E-state index >= 15 is 0 Å². The van der Waals surface area contributed by atoms with Gasteiger partial charge in [-0.3, -0.25) is 14.7 Å². The lowest BCUT2D eigenvalue weighted by Crippen LogP contribution is -2.44. The second-order valence-corrected chi connectivity index (χ2v) is 7.98. The van der Waals surface area contributed by atoms with E-state index in [4.69, 9.17) is 4.74 Å². The molecule has 3 heterocycles. The van der Waals surface area contributed by atoms with E-state index in [-0.39, 0.29) is 18.1 Å². The Bertz CT molecular complexity index is 848. The summed E-state index contributed by atoms with van der Waals surface area (Å²) in [7, 11) is 1.92. The lowest BCUT2D eigenvalue weighted by atomic mass is 10.0. The Labute approximate surface area is 159 Å². The molecule has 0 bridgehead atoms. The van der Waals surface area contributed by atoms with Crippen molar-refractivity contribution in [2.75, 3.05) is 20.1 Å². The summed E-state index contributed by atoms with van der Waals surface area (Å²) in [5.41, 5.74) is 2.72. The first-order valence-corrected chi connectivity index (χ1v) is 9.93. The summed E-state index contributed by atoms with van der Waals surface area (Å²) in [6.07, 6.45) is 8.84. The molecule has 140 valence electrons. The van der Waals surface area contributed by atoms with Crippen molar-refractivity contribution in [2.45, 2.75) is 43.9 Å². The lowest BCUT2D eigenvalue weighted by molar-refractivity contribution is 0.0681. The number of amides is 1. The van der Waals surface area contributed by atoms with Gasteiger partial charge in [0.1, 0.15) is 11.9 Å². The zero-order chi connectivity index (χ0) is 18.4. The molecule has 1 aromatic heterocycles. The molecule has 0 spiro atoms. The quantitative estimate of drug-likeness (QED) is 0.822. The number of hydrogen-bond acceptors (Lipinski definition) is 4. The monoisotopic (exact) mass is 363 g/mol. The number of hydrogen-bond donors (Lipinski definition) is 0. The molecule has 1 amide bonds. The summed E-state index contributed by atoms with van der Waals surface area (Å²) in [6, 6.07) is 10.6. The van der Waals surface area contributed by atoms with Gasteiger partial charge in [-0.15, -0.1) is 0 Å². The Kier molecular flexibility index (Phi) is 4.12. The molecule has 3 aliphatic rings. The highest BCUT2D eigenvalue weighted by atomic mass is 16.5. The highest BCUT2D eigenvalue weighted by molar-refractivity contribution is 5.98. The van der Waals surface area contributed by atoms with E-state index < -0.39 is 0 Å². The predicted molar refractivity (Wildman–Crippen MR) is 104 cm³/mol. The Hall–Kier alpha value is -2.40. The van der Waals surface area contributed by atoms with Gasteiger partial charge < -0.3 is 9.64 Å². The van der Waals surface area contributed by atoms with Gasteiger partial charge in [-0.2, -0.15) is 0 Å². The number of likely N-dealkylation sites (N-methyl/N-ethyl adjacent to an activating group) is 1. The number of nitrogens with zero attached hydrogens (tertiary/aromatic N) is 3. The predicted octanol–water partition coefficient (Wildman–Crippen LogP) is 3.21. The van der Waals surface area contributed by atoms with Crippen LogP contribution in [0.25, 0.3) is 11.1 Å². The Morgan fingerprint density at radius 1 is 1.11 bits per heavy atom. The number of carbonyl (C=O) groups excluding carboxylic acids is 1. The summed E-state index contributed by atoms with van der Waals surface area (Å²) in [4.78, 5) is 21.7. The molecule has 2 aromatic rings. The third-order valence-electron chi connectivity index (χ3n) is 6.41. The fourth-order valence-electron chi connectivity index (χ4n) is 4.85. The maximum absolute atomic E-state index is 13.1. The molecule has 1 aliphatic carbocycles. The lowest BCUT2D eigenvalue weighted by Gasteiger charge is -2.26. The van der Waals surface area contributed by atoms with Gasteiger partial charge in [0.15, 0.2) is 0 Å². The topological polar surface area (TPSA) is 45.7 Å². The van der Waals surface area contributed by atoms with Crippen molar-refractivity contribution in [2.24, 2.45) is 0 Å². The van der Waals surface area contributed by atoms with Gasteiger partial charge in [0.2, 0.25) is 0 Å². The zero-order valence-electron chi connectivity index (χ0n) is 15.7. The van der Waals surface area contributed by atoms with Crippen molar-refractivity contribution in [3.05, 3.63) is 48.3 Å². The molecule has 2 fully saturated rings. The summed E-state index contributed by atoms with van der Waals surface area (Å²) in [5.74, 6) is 0.762. The molecule has 1 saturated heterocycles. The zero-order valence-corrected chi connectivity index (χ0v) is 15.7. The molecule has 0 unspecified atom stereocenters. The number of carbonyl (C=O) groups is 1. The minimum absolute atomic E-state index is 0.0324. The summed E-state index contributed by atoms with van der Waals surface area (Å²) in [6.45, 7) is 1.82. The molecule has 1 aromatic carbocycles. The fraction of sp³-hybridized carbons (Fsp3) is 0.455. The third-order valence-corrected chi connectivity index (χ3v) is 6.41. The number of fused-ring (bicyclic) bond motifs is 2. The van der Waals surface area contributed by atoms with E-state index in [1.807, 2.05) is 48.5 Å². The van der Waals surface area contributed by atoms with Crippen LogP contribution in [0, 0.1) is 0 Å². The Balaban J connectivity index is 1.47. The minimum atomic E-state index is 0.0324. The van der Waals surface area contributed by atoms with E-state index in [9.17, 15) is 4.79 Å². The first-order valence-electron chi connectivity index (χ1n) is 9.93. The smallest absolute Gasteiger partial charge is 0.257 e. The van der Waals surface area contributed by atoms with Crippen LogP contribution in [0.15, 0.2) is 42.7 Å². The maximum atomic E-state index is 13.1. The van der Waals surface area contributed by atoms with Crippen LogP contribution in [-0.2, 0) is 0 Å². The maximum Gasteiger partial charge on any atom is 0.257 e. The minimum Gasteiger partial charge on any atom is -0.486 e. The van der Waals surface area contributed by atoms with Crippen molar-refractivity contribution in [3.8, 4) is 16.9 Å². The van der Waals surface area contributed by atoms with E-state index in [1.165, 1.54) is 25.7 Å². The van der Waals surface area contributed by atoms with Gasteiger partial charge in [0.05, 0.1) is 11.6 Å². The van der Waals surface area contributed by atoms with Crippen LogP contribution in [0.4, 0.5) is 0 Å². The van der Waals surface area contributed by atoms with Crippen molar-refractivity contribution in [1.82, 2.24) is 14.8 Å². The second kappa shape index (κ2) is 6.64. The summed E-state index contributed by atoms with van der Waals surface area (Å²) >= 11 is 0. The van der Waals surface area contributed by atoms with Crippen LogP contribution in [0.3, 0.4) is 0 Å². The molecule has 5 nitrogen and oxygen atoms in total. The van der Waals surface area contributed by atoms with Crippen LogP contribution in [-0.4, -0.2) is 59.0 Å². The summed E-state index contributed by atoms with van der Waals surface area (Å²) < 4.78 is 6.45. The molecule has 0 radical (unpaired) electrons. The van der Waals surface area contributed by atoms with Gasteiger partial charge in [0, 0.05) is 44.1 Å². The third kappa shape index (κ3) is 2.90. The highest BCUT2D eigenvalue weighted by Gasteiger charge is 2.44. The Morgan fingerprint density at radius 3 is 2.74 bits per heavy atom. The van der Waals surface area contributed by atoms with Gasteiger partial charge >= 0.3 is 0 Å². The first kappa shape index (κ1) is 16.8. The van der Waals surface area contributed by atoms with Gasteiger partial charge in [0.25, 0.3) is 5.91 Å². The molecule has 1 saturated carbocycles. The van der Waals surface area contributed by atoms with Crippen molar-refractivity contribution >= 4 is 5.91 Å². The number of pyridine rings is 1. The molecule has 5 rings (SSSR count). The average molecular weight is 363 g/mol. The van der Waals surface area contributed by atoms with Crippen LogP contribution in [0.5, 0.6) is 5.75 Å². The summed E-state index contributed by atoms with van der Waals surface area (Å²) in [5, 5.41) is 0. The number of ether oxygens (including phenoxy) is 1. The van der Waals surface area contributed by atoms with Crippen LogP contribution in [0.1, 0.15) is 36.0 Å². The fourth-order valence-corrected chi connectivity index (χ4v) is 4.85. The molecule has 27 heavy (non-hydrogen) atoms. The van der Waals surface area contributed by atoms with Crippen LogP contribution in [0.2, 0.25) is 0 Å². The van der Waals surface area contributed by atoms with E-state index in [1.54, 1.807) is 6.20 Å². The largest absolute Gasteiger partial charge is 0.486 e. The normalized spacial score (nSPS) is 25.8. The van der Waals surface area contributed by atoms with Crippen molar-refractivity contribution in [3.63, 3.8) is 0 Å². The number of likely N-dealkylation sites (tertiary alicyclic amines) is 1. The number of aromatic nitrogens is 1. The van der Waals surface area contributed by atoms with Crippen molar-refractivity contribution in [1.29, 1.82) is 0 Å². The van der Waals surface area contributed by atoms with E-state index in [0.29, 0.717) is 17.4 Å². The average Bonchev–Trinajstić information content (AvgIpc) is 3.36. The SMILES string of the molecule is CN1C(=O)c2ccc(-c3cccnc3)cc2O[C@H]2CN(C3CCCC3)C[C@H]21. The Morgan fingerprint density at radius 2 is 1.96 bits per heavy atom. The standard InChI is InChI=1S/C22H25N3O2/c1-24-19-13-25(17-6-2-3-7-17)14-21(19)27-20-11-15(8-9-18(20)22(24)26)16-5-4-10-23-12-16/h4-5,8-12,17,19,21H,2-3,6-7,13-14H2,1H3/t19-,21+/m1/s1. The van der Waals surface area contributed by atoms with Gasteiger partial charge in [-0.25, -0.2) is 0 Å². The molecule has 0 N–H and O–H groups in total. The van der Waals surface area contributed by atoms with Gasteiger partial charge in [-0.1, -0.05) is 25.0 Å². The molecular weight excluding hydrogens is 338 g/mol. The van der Waals surface area contributed by atoms with Gasteiger partial charge in [-0.05, 0) is 36.6 Å². The highest BCUT2D eigenvalue weighted by Crippen LogP contribution is 2.36. The molecule has 2 atom stereocenters. The first-order chi connectivity index (χ1) is 13.2. The van der Waals surface area contributed by atoms with Crippen molar-refractivity contribution < 1.29 is 9.53 Å². The molecule has 2 aliphatic heterocycles. The molecule has 5 heteroatoms. The number of rotatable bonds is 2. The number of benzene rings is 1. The van der Waals surface area contributed by atoms with Crippen LogP contribution < -0.4 is 4.74 Å². The molecular formula is C22H25N3O2. The van der Waals surface area contributed by atoms with E-state index in [0.717, 1.165) is 24.2 Å². The van der Waals surface area contributed by atoms with Crippen LogP contribution >= 0.6 is 0 Å².